The standard InChI is InChI=1S/C25H21F5N4O2/c1-2-18-14-9-13(26)3-4-20(14)33-12-34(21-5-6-23(35)32-19(21)7-8-31-18)24(36)15-10-17(27)16(11-22(15)33)25(28,29)30/h3-6,9-11,18,31H,2,7-8,12H2,1H3,(H,32,35). The Balaban J connectivity index is 1.82. The minimum Gasteiger partial charge on any atom is -0.324 e. The number of halogens is 5. The number of benzene rings is 2. The molecule has 2 N–H and O–H groups in total. The van der Waals surface area contributed by atoms with Gasteiger partial charge in [0.1, 0.15) is 18.3 Å². The van der Waals surface area contributed by atoms with Crippen molar-refractivity contribution in [2.45, 2.75) is 32.0 Å². The predicted molar refractivity (Wildman–Crippen MR) is 123 cm³/mol. The maximum absolute atomic E-state index is 14.6. The summed E-state index contributed by atoms with van der Waals surface area (Å²) in [6.45, 7) is 2.01. The zero-order valence-corrected chi connectivity index (χ0v) is 19.0. The summed E-state index contributed by atoms with van der Waals surface area (Å²) < 4.78 is 69.8. The van der Waals surface area contributed by atoms with Gasteiger partial charge < -0.3 is 15.2 Å². The van der Waals surface area contributed by atoms with Crippen LogP contribution in [-0.4, -0.2) is 24.1 Å². The van der Waals surface area contributed by atoms with Gasteiger partial charge in [-0.3, -0.25) is 14.5 Å². The number of H-pyrrole nitrogens is 1. The predicted octanol–water partition coefficient (Wildman–Crippen LogP) is 5.02. The largest absolute Gasteiger partial charge is 0.419 e. The molecule has 1 aromatic heterocycles. The second-order valence-electron chi connectivity index (χ2n) is 8.70. The summed E-state index contributed by atoms with van der Waals surface area (Å²) in [5.74, 6) is -2.82. The molecule has 2 aromatic carbocycles. The number of aromatic amines is 1. The van der Waals surface area contributed by atoms with Crippen LogP contribution in [-0.2, 0) is 12.6 Å². The summed E-state index contributed by atoms with van der Waals surface area (Å²) >= 11 is 0. The van der Waals surface area contributed by atoms with Crippen LogP contribution in [0.5, 0.6) is 0 Å². The van der Waals surface area contributed by atoms with Crippen LogP contribution in [0, 0.1) is 11.6 Å². The van der Waals surface area contributed by atoms with Crippen molar-refractivity contribution < 1.29 is 26.7 Å². The number of carbonyl (C=O) groups is 1. The molecule has 2 aliphatic rings. The van der Waals surface area contributed by atoms with Crippen LogP contribution in [0.3, 0.4) is 0 Å². The molecule has 2 bridgehead atoms. The molecule has 3 heterocycles. The molecule has 2 aliphatic heterocycles. The molecule has 1 unspecified atom stereocenters. The lowest BCUT2D eigenvalue weighted by atomic mass is 9.98. The van der Waals surface area contributed by atoms with E-state index in [0.717, 1.165) is 0 Å². The lowest BCUT2D eigenvalue weighted by molar-refractivity contribution is -0.139. The monoisotopic (exact) mass is 504 g/mol. The Labute approximate surface area is 202 Å². The first-order valence-corrected chi connectivity index (χ1v) is 11.3. The molecule has 3 aromatic rings. The summed E-state index contributed by atoms with van der Waals surface area (Å²) in [4.78, 5) is 31.0. The topological polar surface area (TPSA) is 68.4 Å². The number of alkyl halides is 3. The molecule has 5 rings (SSSR count). The van der Waals surface area contributed by atoms with Crippen molar-refractivity contribution >= 4 is 23.0 Å². The number of nitrogens with zero attached hydrogens (tertiary/aromatic N) is 2. The highest BCUT2D eigenvalue weighted by molar-refractivity contribution is 6.13. The molecular weight excluding hydrogens is 483 g/mol. The van der Waals surface area contributed by atoms with E-state index in [-0.39, 0.29) is 29.5 Å². The van der Waals surface area contributed by atoms with Crippen molar-refractivity contribution in [1.82, 2.24) is 10.3 Å². The van der Waals surface area contributed by atoms with E-state index in [9.17, 15) is 31.5 Å². The van der Waals surface area contributed by atoms with Gasteiger partial charge in [-0.15, -0.1) is 0 Å². The van der Waals surface area contributed by atoms with E-state index >= 15 is 0 Å². The number of fused-ring (bicyclic) bond motifs is 8. The number of hydrogen-bond donors (Lipinski definition) is 2. The number of aromatic nitrogens is 1. The van der Waals surface area contributed by atoms with Gasteiger partial charge in [-0.05, 0) is 48.4 Å². The summed E-state index contributed by atoms with van der Waals surface area (Å²) in [6.07, 6.45) is -4.15. The second kappa shape index (κ2) is 8.74. The van der Waals surface area contributed by atoms with Crippen LogP contribution in [0.15, 0.2) is 47.3 Å². The number of amides is 1. The van der Waals surface area contributed by atoms with Crippen LogP contribution >= 0.6 is 0 Å². The maximum Gasteiger partial charge on any atom is 0.419 e. The van der Waals surface area contributed by atoms with E-state index in [2.05, 4.69) is 10.3 Å². The highest BCUT2D eigenvalue weighted by Gasteiger charge is 2.40. The SMILES string of the molecule is CCC1NCCc2[nH]c(=O)ccc2N2CN(c3cc(C(F)(F)F)c(F)cc3C2=O)c2ccc(F)cc21. The number of carbonyl (C=O) groups excluding carboxylic acids is 1. The fraction of sp³-hybridized carbons (Fsp3) is 0.280. The Kier molecular flexibility index (Phi) is 5.82. The molecule has 0 aliphatic carbocycles. The third kappa shape index (κ3) is 4.02. The van der Waals surface area contributed by atoms with Crippen LogP contribution in [0.1, 0.15) is 46.6 Å². The number of anilines is 3. The first-order valence-electron chi connectivity index (χ1n) is 11.3. The summed E-state index contributed by atoms with van der Waals surface area (Å²) in [5, 5.41) is 3.31. The Morgan fingerprint density at radius 2 is 1.72 bits per heavy atom. The quantitative estimate of drug-likeness (QED) is 0.457. The van der Waals surface area contributed by atoms with Gasteiger partial charge in [0, 0.05) is 36.5 Å². The summed E-state index contributed by atoms with van der Waals surface area (Å²) in [5.41, 5.74) is -0.671. The summed E-state index contributed by atoms with van der Waals surface area (Å²) in [7, 11) is 0. The molecule has 0 saturated heterocycles. The third-order valence-electron chi connectivity index (χ3n) is 6.54. The van der Waals surface area contributed by atoms with E-state index in [4.69, 9.17) is 0 Å². The number of nitrogens with one attached hydrogen (secondary N) is 2. The molecule has 11 heteroatoms. The minimum atomic E-state index is -4.99. The molecule has 0 spiro atoms. The zero-order valence-electron chi connectivity index (χ0n) is 19.0. The van der Waals surface area contributed by atoms with Crippen molar-refractivity contribution in [3.63, 3.8) is 0 Å². The van der Waals surface area contributed by atoms with Gasteiger partial charge >= 0.3 is 6.18 Å². The van der Waals surface area contributed by atoms with Gasteiger partial charge in [-0.2, -0.15) is 13.2 Å². The molecule has 0 radical (unpaired) electrons. The lowest BCUT2D eigenvalue weighted by Gasteiger charge is -2.40. The number of rotatable bonds is 1. The Bertz CT molecular complexity index is 1420. The van der Waals surface area contributed by atoms with Gasteiger partial charge in [0.2, 0.25) is 5.56 Å². The molecule has 1 atom stereocenters. The number of hydrogen-bond acceptors (Lipinski definition) is 4. The average Bonchev–Trinajstić information content (AvgIpc) is 2.84. The first-order chi connectivity index (χ1) is 17.1. The molecule has 0 saturated carbocycles. The van der Waals surface area contributed by atoms with Crippen molar-refractivity contribution in [3.05, 3.63) is 86.8 Å². The Hall–Kier alpha value is -3.73. The Morgan fingerprint density at radius 1 is 0.972 bits per heavy atom. The van der Waals surface area contributed by atoms with Crippen LogP contribution in [0.4, 0.5) is 39.0 Å². The fourth-order valence-corrected chi connectivity index (χ4v) is 4.84. The first kappa shape index (κ1) is 24.0. The molecule has 1 amide bonds. The zero-order chi connectivity index (χ0) is 25.8. The fourth-order valence-electron chi connectivity index (χ4n) is 4.84. The van der Waals surface area contributed by atoms with E-state index in [1.807, 2.05) is 6.92 Å². The van der Waals surface area contributed by atoms with Gasteiger partial charge in [-0.25, -0.2) is 8.78 Å². The van der Waals surface area contributed by atoms with E-state index in [1.165, 1.54) is 40.1 Å². The van der Waals surface area contributed by atoms with Crippen LogP contribution < -0.4 is 20.7 Å². The highest BCUT2D eigenvalue weighted by Crippen LogP contribution is 2.43. The van der Waals surface area contributed by atoms with Gasteiger partial charge in [0.05, 0.1) is 22.5 Å². The molecule has 188 valence electrons. The van der Waals surface area contributed by atoms with Crippen LogP contribution in [0.2, 0.25) is 0 Å². The number of pyridine rings is 1. The molecule has 36 heavy (non-hydrogen) atoms. The molecule has 6 nitrogen and oxygen atoms in total. The molecular formula is C25H21F5N4O2. The maximum atomic E-state index is 14.6. The van der Waals surface area contributed by atoms with Gasteiger partial charge in [0.15, 0.2) is 0 Å². The van der Waals surface area contributed by atoms with Crippen molar-refractivity contribution in [3.8, 4) is 0 Å². The van der Waals surface area contributed by atoms with Crippen molar-refractivity contribution in [2.24, 2.45) is 0 Å². The van der Waals surface area contributed by atoms with Gasteiger partial charge in [-0.1, -0.05) is 6.92 Å². The third-order valence-corrected chi connectivity index (χ3v) is 6.54. The van der Waals surface area contributed by atoms with Gasteiger partial charge in [0.25, 0.3) is 5.91 Å². The van der Waals surface area contributed by atoms with E-state index < -0.39 is 29.3 Å². The second-order valence-corrected chi connectivity index (χ2v) is 8.70. The van der Waals surface area contributed by atoms with E-state index in [1.54, 1.807) is 0 Å². The lowest BCUT2D eigenvalue weighted by Crippen LogP contribution is -2.46. The Morgan fingerprint density at radius 3 is 2.44 bits per heavy atom. The molecule has 0 fully saturated rings. The average molecular weight is 504 g/mol. The smallest absolute Gasteiger partial charge is 0.324 e. The highest BCUT2D eigenvalue weighted by atomic mass is 19.4. The van der Waals surface area contributed by atoms with Crippen LogP contribution in [0.25, 0.3) is 0 Å². The van der Waals surface area contributed by atoms with E-state index in [0.29, 0.717) is 54.2 Å². The normalized spacial score (nSPS) is 17.7. The minimum absolute atomic E-state index is 0.141. The van der Waals surface area contributed by atoms with Crippen molar-refractivity contribution in [2.75, 3.05) is 23.0 Å². The van der Waals surface area contributed by atoms with Crippen molar-refractivity contribution in [1.29, 1.82) is 0 Å². The summed E-state index contributed by atoms with van der Waals surface area (Å²) in [6, 6.07) is 7.45.